The van der Waals surface area contributed by atoms with Gasteiger partial charge in [-0.15, -0.1) is 0 Å². The van der Waals surface area contributed by atoms with Crippen molar-refractivity contribution < 1.29 is 4.74 Å². The Kier molecular flexibility index (Phi) is 3.41. The Bertz CT molecular complexity index is 445. The van der Waals surface area contributed by atoms with E-state index in [1.54, 1.807) is 0 Å². The summed E-state index contributed by atoms with van der Waals surface area (Å²) in [5.74, 6) is 1.09. The van der Waals surface area contributed by atoms with Gasteiger partial charge in [0, 0.05) is 5.56 Å². The van der Waals surface area contributed by atoms with Crippen molar-refractivity contribution in [1.82, 2.24) is 5.32 Å². The number of ether oxygens (including phenoxy) is 1. The Morgan fingerprint density at radius 3 is 2.44 bits per heavy atom. The molecule has 0 saturated carbocycles. The quantitative estimate of drug-likeness (QED) is 0.860. The summed E-state index contributed by atoms with van der Waals surface area (Å²) in [6.45, 7) is 11.1. The normalized spacial score (nSPS) is 22.8. The zero-order valence-corrected chi connectivity index (χ0v) is 12.4. The maximum Gasteiger partial charge on any atom is 0.127 e. The number of fused-ring (bicyclic) bond motifs is 1. The molecule has 18 heavy (non-hydrogen) atoms. The smallest absolute Gasteiger partial charge is 0.127 e. The lowest BCUT2D eigenvalue weighted by Gasteiger charge is -2.21. The standard InChI is InChI=1S/C16H25NO/c1-7-13-14(17-6)12-9-11(16(3,4)5)8-10(2)15(12)18-13/h8-9,13-14,17H,7H2,1-6H3. The van der Waals surface area contributed by atoms with Crippen LogP contribution in [0.1, 0.15) is 56.8 Å². The van der Waals surface area contributed by atoms with Gasteiger partial charge in [-0.3, -0.25) is 0 Å². The van der Waals surface area contributed by atoms with E-state index < -0.39 is 0 Å². The zero-order valence-electron chi connectivity index (χ0n) is 12.4. The number of benzene rings is 1. The molecule has 0 amide bonds. The van der Waals surface area contributed by atoms with Gasteiger partial charge in [-0.1, -0.05) is 33.8 Å². The van der Waals surface area contributed by atoms with Crippen LogP contribution in [-0.4, -0.2) is 13.2 Å². The van der Waals surface area contributed by atoms with Gasteiger partial charge in [-0.25, -0.2) is 0 Å². The number of hydrogen-bond donors (Lipinski definition) is 1. The highest BCUT2D eigenvalue weighted by molar-refractivity contribution is 5.50. The number of rotatable bonds is 2. The molecule has 1 aliphatic rings. The van der Waals surface area contributed by atoms with E-state index in [4.69, 9.17) is 4.74 Å². The van der Waals surface area contributed by atoms with E-state index in [1.165, 1.54) is 16.7 Å². The Morgan fingerprint density at radius 1 is 1.28 bits per heavy atom. The molecule has 0 saturated heterocycles. The third-order valence-corrected chi connectivity index (χ3v) is 3.86. The molecule has 0 aliphatic carbocycles. The van der Waals surface area contributed by atoms with E-state index in [-0.39, 0.29) is 11.5 Å². The van der Waals surface area contributed by atoms with Crippen LogP contribution in [0.5, 0.6) is 5.75 Å². The molecule has 2 heteroatoms. The summed E-state index contributed by atoms with van der Waals surface area (Å²) in [5.41, 5.74) is 4.16. The molecule has 1 aliphatic heterocycles. The molecular formula is C16H25NO. The molecule has 0 radical (unpaired) electrons. The van der Waals surface area contributed by atoms with Gasteiger partial charge in [0.15, 0.2) is 0 Å². The zero-order chi connectivity index (χ0) is 13.5. The molecule has 1 N–H and O–H groups in total. The van der Waals surface area contributed by atoms with Crippen LogP contribution in [0, 0.1) is 6.92 Å². The first-order valence-corrected chi connectivity index (χ1v) is 6.87. The largest absolute Gasteiger partial charge is 0.488 e. The summed E-state index contributed by atoms with van der Waals surface area (Å²) in [7, 11) is 2.02. The summed E-state index contributed by atoms with van der Waals surface area (Å²) in [5, 5.41) is 3.40. The minimum absolute atomic E-state index is 0.183. The van der Waals surface area contributed by atoms with Crippen LogP contribution < -0.4 is 10.1 Å². The van der Waals surface area contributed by atoms with Crippen LogP contribution >= 0.6 is 0 Å². The van der Waals surface area contributed by atoms with Crippen molar-refractivity contribution in [2.45, 2.75) is 58.6 Å². The van der Waals surface area contributed by atoms with E-state index in [9.17, 15) is 0 Å². The van der Waals surface area contributed by atoms with Crippen molar-refractivity contribution in [1.29, 1.82) is 0 Å². The molecule has 1 heterocycles. The summed E-state index contributed by atoms with van der Waals surface area (Å²) in [4.78, 5) is 0. The lowest BCUT2D eigenvalue weighted by Crippen LogP contribution is -2.27. The Hall–Kier alpha value is -1.02. The minimum atomic E-state index is 0.183. The van der Waals surface area contributed by atoms with Crippen LogP contribution in [0.25, 0.3) is 0 Å². The van der Waals surface area contributed by atoms with E-state index in [2.05, 4.69) is 52.1 Å². The third-order valence-electron chi connectivity index (χ3n) is 3.86. The van der Waals surface area contributed by atoms with Gasteiger partial charge in [0.1, 0.15) is 11.9 Å². The average molecular weight is 247 g/mol. The van der Waals surface area contributed by atoms with Crippen LogP contribution in [0.2, 0.25) is 0 Å². The second-order valence-corrected chi connectivity index (χ2v) is 6.29. The van der Waals surface area contributed by atoms with Crippen molar-refractivity contribution in [2.24, 2.45) is 0 Å². The summed E-state index contributed by atoms with van der Waals surface area (Å²) in [6.07, 6.45) is 1.30. The molecule has 2 rings (SSSR count). The first kappa shape index (κ1) is 13.4. The predicted octanol–water partition coefficient (Wildman–Crippen LogP) is 3.72. The Morgan fingerprint density at radius 2 is 1.94 bits per heavy atom. The predicted molar refractivity (Wildman–Crippen MR) is 76.4 cm³/mol. The molecule has 0 aromatic heterocycles. The summed E-state index contributed by atoms with van der Waals surface area (Å²) in [6, 6.07) is 4.91. The molecule has 2 nitrogen and oxygen atoms in total. The van der Waals surface area contributed by atoms with Crippen molar-refractivity contribution in [3.05, 3.63) is 28.8 Å². The second kappa shape index (κ2) is 4.58. The van der Waals surface area contributed by atoms with Gasteiger partial charge in [0.2, 0.25) is 0 Å². The maximum atomic E-state index is 6.10. The van der Waals surface area contributed by atoms with Gasteiger partial charge < -0.3 is 10.1 Å². The number of hydrogen-bond acceptors (Lipinski definition) is 2. The molecule has 0 fully saturated rings. The summed E-state index contributed by atoms with van der Waals surface area (Å²) < 4.78 is 6.10. The van der Waals surface area contributed by atoms with Crippen LogP contribution in [0.15, 0.2) is 12.1 Å². The lowest BCUT2D eigenvalue weighted by atomic mass is 9.84. The monoisotopic (exact) mass is 247 g/mol. The Labute approximate surface area is 111 Å². The highest BCUT2D eigenvalue weighted by Crippen LogP contribution is 2.42. The molecule has 1 aromatic carbocycles. The minimum Gasteiger partial charge on any atom is -0.488 e. The van der Waals surface area contributed by atoms with E-state index in [0.717, 1.165) is 12.2 Å². The van der Waals surface area contributed by atoms with Crippen LogP contribution in [0.3, 0.4) is 0 Å². The fourth-order valence-electron chi connectivity index (χ4n) is 2.71. The van der Waals surface area contributed by atoms with Crippen molar-refractivity contribution in [2.75, 3.05) is 7.05 Å². The number of likely N-dealkylation sites (N-methyl/N-ethyl adjacent to an activating group) is 1. The van der Waals surface area contributed by atoms with E-state index >= 15 is 0 Å². The van der Waals surface area contributed by atoms with Crippen LogP contribution in [0.4, 0.5) is 0 Å². The molecule has 2 atom stereocenters. The molecule has 0 spiro atoms. The van der Waals surface area contributed by atoms with E-state index in [1.807, 2.05) is 7.05 Å². The molecule has 0 bridgehead atoms. The first-order valence-electron chi connectivity index (χ1n) is 6.87. The second-order valence-electron chi connectivity index (χ2n) is 6.29. The van der Waals surface area contributed by atoms with Crippen molar-refractivity contribution in [3.8, 4) is 5.75 Å². The summed E-state index contributed by atoms with van der Waals surface area (Å²) >= 11 is 0. The maximum absolute atomic E-state index is 6.10. The number of aryl methyl sites for hydroxylation is 1. The van der Waals surface area contributed by atoms with Crippen LogP contribution in [-0.2, 0) is 5.41 Å². The highest BCUT2D eigenvalue weighted by atomic mass is 16.5. The molecule has 100 valence electrons. The highest BCUT2D eigenvalue weighted by Gasteiger charge is 2.34. The molecule has 2 unspecified atom stereocenters. The fraction of sp³-hybridized carbons (Fsp3) is 0.625. The average Bonchev–Trinajstić information content (AvgIpc) is 2.65. The fourth-order valence-corrected chi connectivity index (χ4v) is 2.71. The molecular weight excluding hydrogens is 222 g/mol. The van der Waals surface area contributed by atoms with E-state index in [0.29, 0.717) is 6.04 Å². The molecule has 1 aromatic rings. The van der Waals surface area contributed by atoms with Gasteiger partial charge >= 0.3 is 0 Å². The van der Waals surface area contributed by atoms with Gasteiger partial charge in [0.25, 0.3) is 0 Å². The Balaban J connectivity index is 2.51. The van der Waals surface area contributed by atoms with Gasteiger partial charge in [-0.05, 0) is 43.0 Å². The van der Waals surface area contributed by atoms with Gasteiger partial charge in [0.05, 0.1) is 6.04 Å². The third kappa shape index (κ3) is 2.14. The number of nitrogens with one attached hydrogen (secondary N) is 1. The van der Waals surface area contributed by atoms with Crippen molar-refractivity contribution >= 4 is 0 Å². The topological polar surface area (TPSA) is 21.3 Å². The first-order chi connectivity index (χ1) is 8.38. The van der Waals surface area contributed by atoms with Gasteiger partial charge in [-0.2, -0.15) is 0 Å². The lowest BCUT2D eigenvalue weighted by molar-refractivity contribution is 0.188. The SMILES string of the molecule is CCC1Oc2c(C)cc(C(C)(C)C)cc2C1NC. The van der Waals surface area contributed by atoms with Crippen molar-refractivity contribution in [3.63, 3.8) is 0 Å².